The number of carbonyl (C=O) groups excluding carboxylic acids is 2. The number of hydrogen-bond acceptors (Lipinski definition) is 5. The van der Waals surface area contributed by atoms with Gasteiger partial charge < -0.3 is 10.2 Å². The highest BCUT2D eigenvalue weighted by Gasteiger charge is 2.35. The molecule has 2 aliphatic heterocycles. The number of carbonyl (C=O) groups is 2. The van der Waals surface area contributed by atoms with E-state index in [1.807, 2.05) is 9.80 Å². The molecule has 10 heteroatoms. The van der Waals surface area contributed by atoms with Gasteiger partial charge in [0.05, 0.1) is 6.54 Å². The van der Waals surface area contributed by atoms with Gasteiger partial charge >= 0.3 is 0 Å². The molecule has 9 nitrogen and oxygen atoms in total. The van der Waals surface area contributed by atoms with Crippen molar-refractivity contribution in [1.29, 1.82) is 0 Å². The average molecular weight is 444 g/mol. The molecule has 2 amide bonds. The lowest BCUT2D eigenvalue weighted by Gasteiger charge is -2.38. The standard InChI is InChI=1S/C20H37N5O4S/c1-17(26)24-10-8-18(9-11-24)21-20(27)16-23-12-14-25(15-13-23)30(28,29)22(2)19-6-4-3-5-7-19/h18-19H,3-16H2,1-2H3,(H,21,27). The van der Waals surface area contributed by atoms with Crippen molar-refractivity contribution in [1.82, 2.24) is 23.7 Å². The maximum atomic E-state index is 13.0. The van der Waals surface area contributed by atoms with Crippen LogP contribution in [-0.4, -0.2) is 104 Å². The van der Waals surface area contributed by atoms with Crippen molar-refractivity contribution in [2.24, 2.45) is 0 Å². The van der Waals surface area contributed by atoms with E-state index < -0.39 is 10.2 Å². The Balaban J connectivity index is 1.40. The first-order valence-electron chi connectivity index (χ1n) is 11.3. The number of likely N-dealkylation sites (tertiary alicyclic amines) is 1. The van der Waals surface area contributed by atoms with E-state index in [0.717, 1.165) is 38.5 Å². The summed E-state index contributed by atoms with van der Waals surface area (Å²) in [4.78, 5) is 27.6. The fourth-order valence-electron chi connectivity index (χ4n) is 4.75. The smallest absolute Gasteiger partial charge is 0.282 e. The van der Waals surface area contributed by atoms with E-state index in [4.69, 9.17) is 0 Å². The van der Waals surface area contributed by atoms with Gasteiger partial charge in [0.25, 0.3) is 10.2 Å². The normalized spacial score (nSPS) is 23.6. The summed E-state index contributed by atoms with van der Waals surface area (Å²) in [5.41, 5.74) is 0. The molecule has 1 saturated carbocycles. The molecule has 172 valence electrons. The van der Waals surface area contributed by atoms with Crippen LogP contribution in [0.3, 0.4) is 0 Å². The number of hydrogen-bond donors (Lipinski definition) is 1. The van der Waals surface area contributed by atoms with Crippen LogP contribution >= 0.6 is 0 Å². The van der Waals surface area contributed by atoms with E-state index >= 15 is 0 Å². The summed E-state index contributed by atoms with van der Waals surface area (Å²) in [5.74, 6) is 0.0636. The Labute approximate surface area is 180 Å². The Morgan fingerprint density at radius 2 is 1.53 bits per heavy atom. The third-order valence-corrected chi connectivity index (χ3v) is 8.83. The van der Waals surface area contributed by atoms with Crippen molar-refractivity contribution in [3.8, 4) is 0 Å². The van der Waals surface area contributed by atoms with Crippen molar-refractivity contribution >= 4 is 22.0 Å². The fraction of sp³-hybridized carbons (Fsp3) is 0.900. The largest absolute Gasteiger partial charge is 0.352 e. The number of amides is 2. The van der Waals surface area contributed by atoms with Crippen molar-refractivity contribution in [3.05, 3.63) is 0 Å². The Kier molecular flexibility index (Phi) is 8.11. The van der Waals surface area contributed by atoms with Gasteiger partial charge in [0, 0.05) is 65.3 Å². The van der Waals surface area contributed by atoms with Crippen molar-refractivity contribution in [2.75, 3.05) is 52.9 Å². The topological polar surface area (TPSA) is 93.3 Å². The Morgan fingerprint density at radius 1 is 0.933 bits per heavy atom. The third-order valence-electron chi connectivity index (χ3n) is 6.78. The SMILES string of the molecule is CC(=O)N1CCC(NC(=O)CN2CCN(S(=O)(=O)N(C)C3CCCCC3)CC2)CC1. The number of rotatable bonds is 6. The van der Waals surface area contributed by atoms with Gasteiger partial charge in [-0.1, -0.05) is 19.3 Å². The van der Waals surface area contributed by atoms with Crippen LogP contribution in [0.2, 0.25) is 0 Å². The second-order valence-electron chi connectivity index (χ2n) is 8.84. The minimum atomic E-state index is -3.44. The van der Waals surface area contributed by atoms with Gasteiger partial charge in [-0.25, -0.2) is 0 Å². The summed E-state index contributed by atoms with van der Waals surface area (Å²) >= 11 is 0. The van der Waals surface area contributed by atoms with Crippen molar-refractivity contribution < 1.29 is 18.0 Å². The molecule has 1 N–H and O–H groups in total. The number of nitrogens with zero attached hydrogens (tertiary/aromatic N) is 4. The molecule has 0 aromatic heterocycles. The predicted octanol–water partition coefficient (Wildman–Crippen LogP) is 0.240. The monoisotopic (exact) mass is 443 g/mol. The van der Waals surface area contributed by atoms with E-state index in [2.05, 4.69) is 5.32 Å². The van der Waals surface area contributed by atoms with E-state index in [0.29, 0.717) is 45.8 Å². The van der Waals surface area contributed by atoms with Crippen molar-refractivity contribution in [3.63, 3.8) is 0 Å². The fourth-order valence-corrected chi connectivity index (χ4v) is 6.33. The molecule has 0 aromatic rings. The molecule has 0 radical (unpaired) electrons. The van der Waals surface area contributed by atoms with E-state index in [-0.39, 0.29) is 23.9 Å². The van der Waals surface area contributed by atoms with E-state index in [1.54, 1.807) is 22.6 Å². The van der Waals surface area contributed by atoms with Crippen LogP contribution in [0.25, 0.3) is 0 Å². The second kappa shape index (κ2) is 10.4. The molecular formula is C20H37N5O4S. The maximum absolute atomic E-state index is 13.0. The van der Waals surface area contributed by atoms with Crippen LogP contribution in [-0.2, 0) is 19.8 Å². The quantitative estimate of drug-likeness (QED) is 0.635. The van der Waals surface area contributed by atoms with Gasteiger partial charge in [0.15, 0.2) is 0 Å². The van der Waals surface area contributed by atoms with Crippen molar-refractivity contribution in [2.45, 2.75) is 64.0 Å². The highest BCUT2D eigenvalue weighted by atomic mass is 32.2. The summed E-state index contributed by atoms with van der Waals surface area (Å²) in [6, 6.07) is 0.223. The Hall–Kier alpha value is -1.23. The first kappa shape index (κ1) is 23.4. The zero-order chi connectivity index (χ0) is 21.7. The van der Waals surface area contributed by atoms with Gasteiger partial charge in [-0.2, -0.15) is 17.0 Å². The lowest BCUT2D eigenvalue weighted by Crippen LogP contribution is -2.56. The zero-order valence-electron chi connectivity index (χ0n) is 18.4. The Morgan fingerprint density at radius 3 is 2.10 bits per heavy atom. The van der Waals surface area contributed by atoms with Crippen LogP contribution in [0, 0.1) is 0 Å². The molecule has 0 bridgehead atoms. The van der Waals surface area contributed by atoms with Crippen LogP contribution in [0.5, 0.6) is 0 Å². The number of nitrogens with one attached hydrogen (secondary N) is 1. The number of piperazine rings is 1. The van der Waals surface area contributed by atoms with Gasteiger partial charge in [-0.3, -0.25) is 14.5 Å². The van der Waals surface area contributed by atoms with Crippen LogP contribution in [0.1, 0.15) is 51.9 Å². The predicted molar refractivity (Wildman–Crippen MR) is 115 cm³/mol. The molecule has 0 aromatic carbocycles. The molecule has 30 heavy (non-hydrogen) atoms. The second-order valence-corrected chi connectivity index (χ2v) is 10.8. The minimum Gasteiger partial charge on any atom is -0.352 e. The van der Waals surface area contributed by atoms with E-state index in [9.17, 15) is 18.0 Å². The van der Waals surface area contributed by atoms with Crippen LogP contribution < -0.4 is 5.32 Å². The average Bonchev–Trinajstić information content (AvgIpc) is 2.74. The lowest BCUT2D eigenvalue weighted by molar-refractivity contribution is -0.130. The maximum Gasteiger partial charge on any atom is 0.282 e. The van der Waals surface area contributed by atoms with Gasteiger partial charge in [0.1, 0.15) is 0 Å². The molecule has 0 unspecified atom stereocenters. The zero-order valence-corrected chi connectivity index (χ0v) is 19.2. The molecule has 1 aliphatic carbocycles. The summed E-state index contributed by atoms with van der Waals surface area (Å²) in [7, 11) is -1.73. The first-order valence-corrected chi connectivity index (χ1v) is 12.7. The molecule has 2 saturated heterocycles. The van der Waals surface area contributed by atoms with Crippen LogP contribution in [0.15, 0.2) is 0 Å². The molecule has 3 fully saturated rings. The minimum absolute atomic E-state index is 0.0214. The molecule has 2 heterocycles. The third kappa shape index (κ3) is 5.93. The van der Waals surface area contributed by atoms with Gasteiger partial charge in [-0.05, 0) is 25.7 Å². The Bertz CT molecular complexity index is 694. The first-order chi connectivity index (χ1) is 14.3. The van der Waals surface area contributed by atoms with Crippen LogP contribution in [0.4, 0.5) is 0 Å². The summed E-state index contributed by atoms with van der Waals surface area (Å²) < 4.78 is 29.1. The van der Waals surface area contributed by atoms with Gasteiger partial charge in [0.2, 0.25) is 11.8 Å². The summed E-state index contributed by atoms with van der Waals surface area (Å²) in [6.07, 6.45) is 6.85. The molecule has 0 spiro atoms. The molecular weight excluding hydrogens is 406 g/mol. The summed E-state index contributed by atoms with van der Waals surface area (Å²) in [5, 5.41) is 3.07. The lowest BCUT2D eigenvalue weighted by atomic mass is 9.96. The number of piperidine rings is 1. The van der Waals surface area contributed by atoms with Gasteiger partial charge in [-0.15, -0.1) is 0 Å². The highest BCUT2D eigenvalue weighted by Crippen LogP contribution is 2.25. The molecule has 0 atom stereocenters. The molecule has 3 aliphatic rings. The van der Waals surface area contributed by atoms with E-state index in [1.165, 1.54) is 6.42 Å². The summed E-state index contributed by atoms with van der Waals surface area (Å²) in [6.45, 7) is 5.21. The molecule has 3 rings (SSSR count). The highest BCUT2D eigenvalue weighted by molar-refractivity contribution is 7.86.